The van der Waals surface area contributed by atoms with Gasteiger partial charge in [0.1, 0.15) is 0 Å². The summed E-state index contributed by atoms with van der Waals surface area (Å²) >= 11 is 0. The molecule has 2 atom stereocenters. The third-order valence-corrected chi connectivity index (χ3v) is 8.86. The van der Waals surface area contributed by atoms with E-state index < -0.39 is 5.41 Å². The van der Waals surface area contributed by atoms with E-state index in [0.717, 1.165) is 48.1 Å². The lowest BCUT2D eigenvalue weighted by Crippen LogP contribution is -2.64. The molecule has 0 spiro atoms. The number of fused-ring (bicyclic) bond motifs is 6. The van der Waals surface area contributed by atoms with Gasteiger partial charge in [0.05, 0.1) is 27.8 Å². The Kier molecular flexibility index (Phi) is 4.08. The van der Waals surface area contributed by atoms with Gasteiger partial charge in [0.25, 0.3) is 0 Å². The molecule has 1 saturated heterocycles. The molecule has 2 aromatic rings. The molecule has 5 rings (SSSR count). The third-order valence-electron chi connectivity index (χ3n) is 8.86. The molecule has 2 heterocycles. The number of aromatic nitrogens is 2. The monoisotopic (exact) mass is 420 g/mol. The Labute approximate surface area is 185 Å². The zero-order valence-corrected chi connectivity index (χ0v) is 20.0. The number of amides is 1. The topological polar surface area (TPSA) is 66.9 Å². The molecule has 2 aliphatic carbocycles. The standard InChI is InChI=1S/C26H36N4O/c1-22(2)14-16(15-23(3,4)30-22)27-21(31)26-13-12-25(7,24(26,5)6)19-20(26)29-18-11-9-8-10-17(18)28-19/h8-11,16,30H,12-15H2,1-7H3,(H,27,31)/t25-,26-/m1/s1. The molecule has 2 fully saturated rings. The molecule has 166 valence electrons. The Morgan fingerprint density at radius 2 is 1.45 bits per heavy atom. The normalized spacial score (nSPS) is 32.7. The van der Waals surface area contributed by atoms with Crippen molar-refractivity contribution in [1.29, 1.82) is 0 Å². The highest BCUT2D eigenvalue weighted by Crippen LogP contribution is 2.70. The number of rotatable bonds is 2. The van der Waals surface area contributed by atoms with Crippen molar-refractivity contribution >= 4 is 16.9 Å². The van der Waals surface area contributed by atoms with Crippen LogP contribution in [0.1, 0.15) is 85.5 Å². The molecule has 2 N–H and O–H groups in total. The second-order valence-electron chi connectivity index (χ2n) is 12.2. The quantitative estimate of drug-likeness (QED) is 0.756. The van der Waals surface area contributed by atoms with E-state index in [2.05, 4.69) is 59.1 Å². The number of para-hydroxylation sites is 2. The molecule has 0 unspecified atom stereocenters. The summed E-state index contributed by atoms with van der Waals surface area (Å²) < 4.78 is 0. The van der Waals surface area contributed by atoms with Gasteiger partial charge < -0.3 is 10.6 Å². The molecule has 3 aliphatic rings. The first kappa shape index (κ1) is 20.9. The molecule has 31 heavy (non-hydrogen) atoms. The molecule has 1 aliphatic heterocycles. The Balaban J connectivity index is 1.59. The summed E-state index contributed by atoms with van der Waals surface area (Å²) in [6.45, 7) is 15.7. The van der Waals surface area contributed by atoms with Gasteiger partial charge in [-0.3, -0.25) is 4.79 Å². The van der Waals surface area contributed by atoms with E-state index >= 15 is 0 Å². The van der Waals surface area contributed by atoms with E-state index in [-0.39, 0.29) is 33.9 Å². The number of nitrogens with zero attached hydrogens (tertiary/aromatic N) is 2. The van der Waals surface area contributed by atoms with Crippen molar-refractivity contribution in [3.63, 3.8) is 0 Å². The molecule has 1 aromatic heterocycles. The molecular weight excluding hydrogens is 384 g/mol. The summed E-state index contributed by atoms with van der Waals surface area (Å²) in [5, 5.41) is 7.23. The highest BCUT2D eigenvalue weighted by Gasteiger charge is 2.73. The van der Waals surface area contributed by atoms with Crippen LogP contribution in [0.2, 0.25) is 0 Å². The lowest BCUT2D eigenvalue weighted by molar-refractivity contribution is -0.131. The minimum atomic E-state index is -0.632. The first-order valence-corrected chi connectivity index (χ1v) is 11.7. The van der Waals surface area contributed by atoms with E-state index in [1.54, 1.807) is 0 Å². The van der Waals surface area contributed by atoms with Gasteiger partial charge in [-0.15, -0.1) is 0 Å². The van der Waals surface area contributed by atoms with Gasteiger partial charge in [-0.25, -0.2) is 9.97 Å². The SMILES string of the molecule is CC1(C)CC(NC(=O)[C@@]23CC[C@](C)(c4nc5ccccc5nc42)C3(C)C)CC(C)(C)N1. The highest BCUT2D eigenvalue weighted by atomic mass is 16.2. The van der Waals surface area contributed by atoms with Gasteiger partial charge in [-0.1, -0.05) is 32.9 Å². The number of piperidine rings is 1. The lowest BCUT2D eigenvalue weighted by atomic mass is 9.63. The van der Waals surface area contributed by atoms with E-state index in [1.165, 1.54) is 0 Å². The average Bonchev–Trinajstić information content (AvgIpc) is 2.93. The van der Waals surface area contributed by atoms with Crippen LogP contribution in [0, 0.1) is 5.41 Å². The lowest BCUT2D eigenvalue weighted by Gasteiger charge is -2.48. The van der Waals surface area contributed by atoms with Gasteiger partial charge in [0.15, 0.2) is 0 Å². The molecule has 1 aromatic carbocycles. The van der Waals surface area contributed by atoms with Crippen molar-refractivity contribution in [3.05, 3.63) is 35.7 Å². The van der Waals surface area contributed by atoms with E-state index in [4.69, 9.17) is 9.97 Å². The second kappa shape index (κ2) is 6.06. The fourth-order valence-electron chi connectivity index (χ4n) is 7.28. The first-order chi connectivity index (χ1) is 14.3. The van der Waals surface area contributed by atoms with Crippen LogP contribution >= 0.6 is 0 Å². The highest BCUT2D eigenvalue weighted by molar-refractivity contribution is 5.93. The maximum Gasteiger partial charge on any atom is 0.233 e. The predicted octanol–water partition coefficient (Wildman–Crippen LogP) is 4.38. The zero-order valence-electron chi connectivity index (χ0n) is 20.0. The van der Waals surface area contributed by atoms with Gasteiger partial charge in [0, 0.05) is 22.5 Å². The van der Waals surface area contributed by atoms with Crippen LogP contribution in [0.3, 0.4) is 0 Å². The second-order valence-corrected chi connectivity index (χ2v) is 12.2. The van der Waals surface area contributed by atoms with E-state index in [9.17, 15) is 4.79 Å². The Morgan fingerprint density at radius 3 is 2.03 bits per heavy atom. The molecule has 1 saturated carbocycles. The molecule has 1 amide bonds. The van der Waals surface area contributed by atoms with Crippen molar-refractivity contribution in [1.82, 2.24) is 20.6 Å². The summed E-state index contributed by atoms with van der Waals surface area (Å²) in [6.07, 6.45) is 3.65. The van der Waals surface area contributed by atoms with Crippen molar-refractivity contribution in [3.8, 4) is 0 Å². The molecule has 0 radical (unpaired) electrons. The Morgan fingerprint density at radius 1 is 0.903 bits per heavy atom. The van der Waals surface area contributed by atoms with Crippen molar-refractivity contribution in [2.75, 3.05) is 0 Å². The number of carbonyl (C=O) groups is 1. The number of hydrogen-bond acceptors (Lipinski definition) is 4. The van der Waals surface area contributed by atoms with Gasteiger partial charge in [-0.05, 0) is 70.9 Å². The van der Waals surface area contributed by atoms with Gasteiger partial charge in [0.2, 0.25) is 5.91 Å². The zero-order chi connectivity index (χ0) is 22.4. The maximum atomic E-state index is 14.2. The summed E-state index contributed by atoms with van der Waals surface area (Å²) in [5.74, 6) is 0.142. The van der Waals surface area contributed by atoms with Gasteiger partial charge in [-0.2, -0.15) is 0 Å². The van der Waals surface area contributed by atoms with Crippen LogP contribution in [0.25, 0.3) is 11.0 Å². The number of carbonyl (C=O) groups excluding carboxylic acids is 1. The fraction of sp³-hybridized carbons (Fsp3) is 0.654. The van der Waals surface area contributed by atoms with Crippen LogP contribution in [-0.4, -0.2) is 33.0 Å². The smallest absolute Gasteiger partial charge is 0.233 e. The van der Waals surface area contributed by atoms with E-state index in [0.29, 0.717) is 0 Å². The molecule has 5 nitrogen and oxygen atoms in total. The Bertz CT molecular complexity index is 1070. The minimum Gasteiger partial charge on any atom is -0.352 e. The Hall–Kier alpha value is -2.01. The average molecular weight is 421 g/mol. The molecule has 5 heteroatoms. The number of hydrogen-bond donors (Lipinski definition) is 2. The predicted molar refractivity (Wildman–Crippen MR) is 124 cm³/mol. The summed E-state index contributed by atoms with van der Waals surface area (Å²) in [6, 6.07) is 8.18. The van der Waals surface area contributed by atoms with Gasteiger partial charge >= 0.3 is 0 Å². The number of benzene rings is 1. The van der Waals surface area contributed by atoms with Crippen LogP contribution in [0.15, 0.2) is 24.3 Å². The van der Waals surface area contributed by atoms with Crippen molar-refractivity contribution < 1.29 is 4.79 Å². The molecule has 2 bridgehead atoms. The van der Waals surface area contributed by atoms with Crippen molar-refractivity contribution in [2.24, 2.45) is 5.41 Å². The minimum absolute atomic E-state index is 0.0132. The van der Waals surface area contributed by atoms with Crippen LogP contribution < -0.4 is 10.6 Å². The van der Waals surface area contributed by atoms with Crippen LogP contribution in [0.5, 0.6) is 0 Å². The maximum absolute atomic E-state index is 14.2. The first-order valence-electron chi connectivity index (χ1n) is 11.7. The van der Waals surface area contributed by atoms with Crippen LogP contribution in [0.4, 0.5) is 0 Å². The largest absolute Gasteiger partial charge is 0.352 e. The third kappa shape index (κ3) is 2.68. The summed E-state index contributed by atoms with van der Waals surface area (Å²) in [5.41, 5.74) is 2.69. The molecular formula is C26H36N4O. The van der Waals surface area contributed by atoms with Crippen LogP contribution in [-0.2, 0) is 15.6 Å². The summed E-state index contributed by atoms with van der Waals surface area (Å²) in [4.78, 5) is 24.3. The van der Waals surface area contributed by atoms with E-state index in [1.807, 2.05) is 24.3 Å². The number of nitrogens with one attached hydrogen (secondary N) is 2. The fourth-order valence-corrected chi connectivity index (χ4v) is 7.28. The van der Waals surface area contributed by atoms with Crippen molar-refractivity contribution in [2.45, 2.75) is 102 Å². The summed E-state index contributed by atoms with van der Waals surface area (Å²) in [7, 11) is 0.